The van der Waals surface area contributed by atoms with Gasteiger partial charge in [0.15, 0.2) is 0 Å². The molecule has 126 valence electrons. The molecule has 0 saturated carbocycles. The van der Waals surface area contributed by atoms with Crippen molar-refractivity contribution in [1.29, 1.82) is 0 Å². The van der Waals surface area contributed by atoms with Crippen molar-refractivity contribution in [3.63, 3.8) is 0 Å². The Hall–Kier alpha value is -2.03. The highest BCUT2D eigenvalue weighted by atomic mass is 32.1. The fraction of sp³-hybridized carbons (Fsp3) is 0.438. The van der Waals surface area contributed by atoms with E-state index in [0.29, 0.717) is 18.4 Å². The van der Waals surface area contributed by atoms with Gasteiger partial charge in [0.1, 0.15) is 0 Å². The fourth-order valence-electron chi connectivity index (χ4n) is 2.88. The summed E-state index contributed by atoms with van der Waals surface area (Å²) >= 11 is 1.60. The van der Waals surface area contributed by atoms with Crippen molar-refractivity contribution >= 4 is 11.3 Å². The summed E-state index contributed by atoms with van der Waals surface area (Å²) in [5.41, 5.74) is 0. The topological polar surface area (TPSA) is 69.2 Å². The molecule has 0 spiro atoms. The van der Waals surface area contributed by atoms with Gasteiger partial charge in [0.25, 0.3) is 5.89 Å². The van der Waals surface area contributed by atoms with Crippen molar-refractivity contribution < 1.29 is 9.15 Å². The van der Waals surface area contributed by atoms with Gasteiger partial charge in [-0.15, -0.1) is 21.5 Å². The van der Waals surface area contributed by atoms with Gasteiger partial charge in [0, 0.05) is 25.5 Å². The molecule has 1 fully saturated rings. The van der Waals surface area contributed by atoms with Crippen molar-refractivity contribution in [3.05, 3.63) is 41.9 Å². The first-order valence-electron chi connectivity index (χ1n) is 8.00. The minimum atomic E-state index is 0.0650. The first-order chi connectivity index (χ1) is 11.8. The molecule has 0 amide bonds. The maximum absolute atomic E-state index is 5.87. The summed E-state index contributed by atoms with van der Waals surface area (Å²) in [5, 5.41) is 14.7. The summed E-state index contributed by atoms with van der Waals surface area (Å²) in [6, 6.07) is 5.96. The molecule has 24 heavy (non-hydrogen) atoms. The lowest BCUT2D eigenvalue weighted by Gasteiger charge is -2.35. The second-order valence-electron chi connectivity index (χ2n) is 5.81. The van der Waals surface area contributed by atoms with E-state index in [0.717, 1.165) is 24.5 Å². The van der Waals surface area contributed by atoms with Crippen LogP contribution in [-0.2, 0) is 11.3 Å². The second kappa shape index (κ2) is 6.84. The van der Waals surface area contributed by atoms with E-state index in [2.05, 4.69) is 27.1 Å². The largest absolute Gasteiger partial charge is 0.418 e. The van der Waals surface area contributed by atoms with E-state index in [-0.39, 0.29) is 12.1 Å². The lowest BCUT2D eigenvalue weighted by atomic mass is 10.2. The lowest BCUT2D eigenvalue weighted by molar-refractivity contribution is -0.0526. The van der Waals surface area contributed by atoms with Gasteiger partial charge in [-0.25, -0.2) is 0 Å². The Labute approximate surface area is 143 Å². The summed E-state index contributed by atoms with van der Waals surface area (Å²) < 4.78 is 13.6. The first kappa shape index (κ1) is 15.5. The van der Waals surface area contributed by atoms with Crippen LogP contribution < -0.4 is 0 Å². The van der Waals surface area contributed by atoms with Crippen LogP contribution >= 0.6 is 11.3 Å². The molecule has 4 heterocycles. The fourth-order valence-corrected chi connectivity index (χ4v) is 3.53. The van der Waals surface area contributed by atoms with Crippen molar-refractivity contribution in [3.8, 4) is 10.8 Å². The molecule has 0 aromatic carbocycles. The molecule has 0 N–H and O–H groups in total. The van der Waals surface area contributed by atoms with E-state index in [1.807, 2.05) is 34.5 Å². The van der Waals surface area contributed by atoms with Gasteiger partial charge >= 0.3 is 0 Å². The molecule has 4 rings (SSSR count). The van der Waals surface area contributed by atoms with Gasteiger partial charge in [-0.2, -0.15) is 5.10 Å². The normalized spacial score (nSPS) is 20.3. The summed E-state index contributed by atoms with van der Waals surface area (Å²) in [4.78, 5) is 3.32. The molecule has 1 aliphatic heterocycles. The summed E-state index contributed by atoms with van der Waals surface area (Å²) in [5.74, 6) is 1.24. The molecule has 0 unspecified atom stereocenters. The number of thiophene rings is 1. The van der Waals surface area contributed by atoms with E-state index in [1.54, 1.807) is 17.5 Å². The number of morpholine rings is 1. The van der Waals surface area contributed by atoms with Crippen molar-refractivity contribution in [2.45, 2.75) is 25.6 Å². The zero-order valence-electron chi connectivity index (χ0n) is 13.4. The van der Waals surface area contributed by atoms with Crippen LogP contribution in [0.4, 0.5) is 0 Å². The molecule has 3 aromatic heterocycles. The van der Waals surface area contributed by atoms with Gasteiger partial charge in [-0.05, 0) is 24.4 Å². The Morgan fingerprint density at radius 1 is 1.38 bits per heavy atom. The van der Waals surface area contributed by atoms with E-state index in [4.69, 9.17) is 9.15 Å². The average Bonchev–Trinajstić information content (AvgIpc) is 3.35. The summed E-state index contributed by atoms with van der Waals surface area (Å²) in [7, 11) is 0. The Balaban J connectivity index is 1.43. The molecule has 1 saturated heterocycles. The standard InChI is InChI=1S/C16H19N5O2S/c1-12(15-18-19-16(23-15)14-4-2-9-24-14)20-7-8-22-13(10-20)11-21-6-3-5-17-21/h2-6,9,12-13H,7-8,10-11H2,1H3/t12-,13+/m1/s1. The minimum Gasteiger partial charge on any atom is -0.418 e. The Morgan fingerprint density at radius 2 is 2.33 bits per heavy atom. The van der Waals surface area contributed by atoms with E-state index < -0.39 is 0 Å². The number of aromatic nitrogens is 4. The molecule has 8 heteroatoms. The Kier molecular flexibility index (Phi) is 4.42. The lowest BCUT2D eigenvalue weighted by Crippen LogP contribution is -2.45. The van der Waals surface area contributed by atoms with Crippen LogP contribution in [0.25, 0.3) is 10.8 Å². The molecular weight excluding hydrogens is 326 g/mol. The molecule has 0 radical (unpaired) electrons. The minimum absolute atomic E-state index is 0.0650. The van der Waals surface area contributed by atoms with E-state index >= 15 is 0 Å². The van der Waals surface area contributed by atoms with Gasteiger partial charge in [-0.3, -0.25) is 9.58 Å². The van der Waals surface area contributed by atoms with Gasteiger partial charge in [0.05, 0.1) is 30.2 Å². The maximum atomic E-state index is 5.87. The number of ether oxygens (including phenoxy) is 1. The molecule has 3 aromatic rings. The molecule has 2 atom stereocenters. The Bertz CT molecular complexity index is 755. The smallest absolute Gasteiger partial charge is 0.257 e. The number of hydrogen-bond acceptors (Lipinski definition) is 7. The van der Waals surface area contributed by atoms with Gasteiger partial charge < -0.3 is 9.15 Å². The SMILES string of the molecule is C[C@H](c1nnc(-c2cccs2)o1)N1CCO[C@H](Cn2cccn2)C1. The monoisotopic (exact) mass is 345 g/mol. The van der Waals surface area contributed by atoms with E-state index in [1.165, 1.54) is 0 Å². The highest BCUT2D eigenvalue weighted by Crippen LogP contribution is 2.27. The third kappa shape index (κ3) is 3.26. The first-order valence-corrected chi connectivity index (χ1v) is 8.88. The number of nitrogens with zero attached hydrogens (tertiary/aromatic N) is 5. The highest BCUT2D eigenvalue weighted by Gasteiger charge is 2.28. The third-order valence-corrected chi connectivity index (χ3v) is 5.06. The number of hydrogen-bond donors (Lipinski definition) is 0. The quantitative estimate of drug-likeness (QED) is 0.707. The molecule has 0 bridgehead atoms. The zero-order chi connectivity index (χ0) is 16.4. The Morgan fingerprint density at radius 3 is 3.12 bits per heavy atom. The van der Waals surface area contributed by atoms with Crippen LogP contribution in [0.3, 0.4) is 0 Å². The maximum Gasteiger partial charge on any atom is 0.257 e. The zero-order valence-corrected chi connectivity index (χ0v) is 14.2. The summed E-state index contributed by atoms with van der Waals surface area (Å²) in [6.45, 7) is 5.22. The molecule has 7 nitrogen and oxygen atoms in total. The van der Waals surface area contributed by atoms with Crippen molar-refractivity contribution in [1.82, 2.24) is 24.9 Å². The van der Waals surface area contributed by atoms with Crippen LogP contribution in [0.5, 0.6) is 0 Å². The highest BCUT2D eigenvalue weighted by molar-refractivity contribution is 7.13. The average molecular weight is 345 g/mol. The van der Waals surface area contributed by atoms with Crippen LogP contribution in [0.2, 0.25) is 0 Å². The van der Waals surface area contributed by atoms with Crippen LogP contribution in [0.1, 0.15) is 18.9 Å². The van der Waals surface area contributed by atoms with Gasteiger partial charge in [-0.1, -0.05) is 6.07 Å². The van der Waals surface area contributed by atoms with Crippen LogP contribution in [0, 0.1) is 0 Å². The summed E-state index contributed by atoms with van der Waals surface area (Å²) in [6.07, 6.45) is 3.85. The molecule has 0 aliphatic carbocycles. The predicted octanol–water partition coefficient (Wildman–Crippen LogP) is 2.46. The van der Waals surface area contributed by atoms with Crippen LogP contribution in [-0.4, -0.2) is 50.7 Å². The van der Waals surface area contributed by atoms with Gasteiger partial charge in [0.2, 0.25) is 5.89 Å². The van der Waals surface area contributed by atoms with Crippen molar-refractivity contribution in [2.75, 3.05) is 19.7 Å². The van der Waals surface area contributed by atoms with E-state index in [9.17, 15) is 0 Å². The molecular formula is C16H19N5O2S. The predicted molar refractivity (Wildman–Crippen MR) is 89.6 cm³/mol. The number of rotatable bonds is 5. The van der Waals surface area contributed by atoms with Crippen molar-refractivity contribution in [2.24, 2.45) is 0 Å². The van der Waals surface area contributed by atoms with Crippen LogP contribution in [0.15, 0.2) is 40.4 Å². The second-order valence-corrected chi connectivity index (χ2v) is 6.76. The molecule has 1 aliphatic rings. The third-order valence-electron chi connectivity index (χ3n) is 4.20.